The largest absolute Gasteiger partial charge is 0.466 e. The Bertz CT molecular complexity index is 401. The van der Waals surface area contributed by atoms with Crippen molar-refractivity contribution in [1.29, 1.82) is 0 Å². The van der Waals surface area contributed by atoms with E-state index in [2.05, 4.69) is 4.74 Å². The monoisotopic (exact) mass is 220 g/mol. The summed E-state index contributed by atoms with van der Waals surface area (Å²) < 4.78 is 9.67. The molecule has 2 aromatic rings. The smallest absolute Gasteiger partial charge is 0.305 e. The third-order valence-electron chi connectivity index (χ3n) is 1.96. The predicted octanol–water partition coefficient (Wildman–Crippen LogP) is 3.39. The van der Waals surface area contributed by atoms with Crippen LogP contribution >= 0.6 is 0 Å². The van der Waals surface area contributed by atoms with Gasteiger partial charge in [-0.15, -0.1) is 0 Å². The molecule has 0 aliphatic rings. The first kappa shape index (κ1) is 12.3. The normalized spacial score (nSPS) is 9.38. The van der Waals surface area contributed by atoms with Crippen molar-refractivity contribution in [1.82, 2.24) is 0 Å². The Morgan fingerprint density at radius 2 is 2.00 bits per heavy atom. The van der Waals surface area contributed by atoms with Crippen LogP contribution in [0.15, 0.2) is 41.0 Å². The maximum atomic E-state index is 10.2. The zero-order valence-electron chi connectivity index (χ0n) is 9.60. The molecule has 16 heavy (non-hydrogen) atoms. The number of carbonyl (C=O) groups excluding carboxylic acids is 1. The molecule has 3 nitrogen and oxygen atoms in total. The lowest BCUT2D eigenvalue weighted by Gasteiger charge is -1.93. The van der Waals surface area contributed by atoms with Gasteiger partial charge in [0.05, 0.1) is 12.9 Å². The summed E-state index contributed by atoms with van der Waals surface area (Å²) in [5.74, 6) is -0.123. The molecule has 0 spiro atoms. The molecule has 0 saturated heterocycles. The molecule has 1 aromatic heterocycles. The van der Waals surface area contributed by atoms with Gasteiger partial charge < -0.3 is 9.15 Å². The van der Waals surface area contributed by atoms with Crippen LogP contribution in [0.1, 0.15) is 20.3 Å². The Morgan fingerprint density at radius 1 is 1.25 bits per heavy atom. The van der Waals surface area contributed by atoms with Crippen LogP contribution in [-0.4, -0.2) is 12.6 Å². The van der Waals surface area contributed by atoms with Gasteiger partial charge in [0.15, 0.2) is 0 Å². The van der Waals surface area contributed by atoms with Gasteiger partial charge in [-0.05, 0) is 19.1 Å². The number of rotatable bonds is 2. The molecule has 0 unspecified atom stereocenters. The van der Waals surface area contributed by atoms with Crippen molar-refractivity contribution in [2.75, 3.05) is 6.61 Å². The van der Waals surface area contributed by atoms with Gasteiger partial charge in [-0.1, -0.05) is 25.1 Å². The van der Waals surface area contributed by atoms with Crippen molar-refractivity contribution in [2.45, 2.75) is 20.3 Å². The fraction of sp³-hybridized carbons (Fsp3) is 0.308. The minimum absolute atomic E-state index is 0.123. The van der Waals surface area contributed by atoms with E-state index in [4.69, 9.17) is 4.42 Å². The number of ether oxygens (including phenoxy) is 1. The fourth-order valence-corrected chi connectivity index (χ4v) is 1.17. The van der Waals surface area contributed by atoms with Gasteiger partial charge in [-0.3, -0.25) is 4.79 Å². The van der Waals surface area contributed by atoms with Crippen LogP contribution in [0.5, 0.6) is 0 Å². The van der Waals surface area contributed by atoms with Crippen LogP contribution in [-0.2, 0) is 9.53 Å². The van der Waals surface area contributed by atoms with E-state index in [0.29, 0.717) is 13.0 Å². The van der Waals surface area contributed by atoms with Gasteiger partial charge in [-0.25, -0.2) is 0 Å². The van der Waals surface area contributed by atoms with E-state index in [0.717, 1.165) is 11.0 Å². The zero-order chi connectivity index (χ0) is 11.8. The topological polar surface area (TPSA) is 39.4 Å². The molecule has 3 heteroatoms. The van der Waals surface area contributed by atoms with Crippen molar-refractivity contribution in [3.63, 3.8) is 0 Å². The average Bonchev–Trinajstić information content (AvgIpc) is 2.78. The summed E-state index contributed by atoms with van der Waals surface area (Å²) >= 11 is 0. The Labute approximate surface area is 95.0 Å². The van der Waals surface area contributed by atoms with Gasteiger partial charge in [-0.2, -0.15) is 0 Å². The van der Waals surface area contributed by atoms with E-state index in [1.54, 1.807) is 20.1 Å². The van der Waals surface area contributed by atoms with Gasteiger partial charge in [0.25, 0.3) is 0 Å². The highest BCUT2D eigenvalue weighted by Crippen LogP contribution is 2.12. The maximum absolute atomic E-state index is 10.2. The third kappa shape index (κ3) is 3.77. The van der Waals surface area contributed by atoms with Crippen molar-refractivity contribution in [3.05, 3.63) is 36.6 Å². The van der Waals surface area contributed by atoms with E-state index in [1.165, 1.54) is 0 Å². The molecule has 0 N–H and O–H groups in total. The van der Waals surface area contributed by atoms with E-state index in [1.807, 2.05) is 30.3 Å². The van der Waals surface area contributed by atoms with Crippen molar-refractivity contribution in [2.24, 2.45) is 0 Å². The van der Waals surface area contributed by atoms with Gasteiger partial charge >= 0.3 is 5.97 Å². The lowest BCUT2D eigenvalue weighted by molar-refractivity contribution is -0.142. The summed E-state index contributed by atoms with van der Waals surface area (Å²) in [6, 6.07) is 9.90. The first-order valence-corrected chi connectivity index (χ1v) is 5.35. The minimum Gasteiger partial charge on any atom is -0.466 e. The van der Waals surface area contributed by atoms with Crippen LogP contribution in [0, 0.1) is 0 Å². The van der Waals surface area contributed by atoms with Gasteiger partial charge in [0.1, 0.15) is 5.58 Å². The first-order chi connectivity index (χ1) is 7.77. The average molecular weight is 220 g/mol. The lowest BCUT2D eigenvalue weighted by atomic mass is 10.3. The van der Waals surface area contributed by atoms with Crippen LogP contribution < -0.4 is 0 Å². The van der Waals surface area contributed by atoms with Gasteiger partial charge in [0.2, 0.25) is 0 Å². The van der Waals surface area contributed by atoms with Crippen LogP contribution in [0.3, 0.4) is 0 Å². The number of hydrogen-bond acceptors (Lipinski definition) is 3. The summed E-state index contributed by atoms with van der Waals surface area (Å²) in [6.07, 6.45) is 2.18. The number of hydrogen-bond donors (Lipinski definition) is 0. The number of fused-ring (bicyclic) bond motifs is 1. The molecule has 0 atom stereocenters. The summed E-state index contributed by atoms with van der Waals surface area (Å²) in [7, 11) is 0. The Morgan fingerprint density at radius 3 is 2.56 bits per heavy atom. The van der Waals surface area contributed by atoms with Crippen LogP contribution in [0.4, 0.5) is 0 Å². The summed E-state index contributed by atoms with van der Waals surface area (Å²) in [4.78, 5) is 10.2. The molecule has 0 amide bonds. The third-order valence-corrected chi connectivity index (χ3v) is 1.96. The summed E-state index contributed by atoms with van der Waals surface area (Å²) in [6.45, 7) is 4.07. The fourth-order valence-electron chi connectivity index (χ4n) is 1.17. The molecule has 0 aliphatic heterocycles. The van der Waals surface area contributed by atoms with Crippen molar-refractivity contribution in [3.8, 4) is 0 Å². The second-order valence-electron chi connectivity index (χ2n) is 3.12. The molecular formula is C13H16O3. The highest BCUT2D eigenvalue weighted by molar-refractivity contribution is 5.76. The Hall–Kier alpha value is -1.77. The second-order valence-corrected chi connectivity index (χ2v) is 3.12. The lowest BCUT2D eigenvalue weighted by Crippen LogP contribution is -2.00. The highest BCUT2D eigenvalue weighted by Gasteiger charge is 1.91. The van der Waals surface area contributed by atoms with Crippen molar-refractivity contribution < 1.29 is 13.9 Å². The molecule has 2 rings (SSSR count). The Kier molecular flexibility index (Phi) is 5.12. The Balaban J connectivity index is 0.000000168. The van der Waals surface area contributed by atoms with Crippen LogP contribution in [0.25, 0.3) is 11.0 Å². The molecule has 86 valence electrons. The number of benzene rings is 1. The molecule has 0 aliphatic carbocycles. The maximum Gasteiger partial charge on any atom is 0.305 e. The predicted molar refractivity (Wildman–Crippen MR) is 63.1 cm³/mol. The molecule has 1 aromatic carbocycles. The number of carbonyl (C=O) groups is 1. The summed E-state index contributed by atoms with van der Waals surface area (Å²) in [5, 5.41) is 1.16. The standard InChI is InChI=1S/C8H6O.C5H10O2/c1-2-4-8-7(3-1)5-6-9-8;1-3-5(6)7-4-2/h1-6H;3-4H2,1-2H3. The molecule has 0 radical (unpaired) electrons. The first-order valence-electron chi connectivity index (χ1n) is 5.35. The number of para-hydroxylation sites is 1. The minimum atomic E-state index is -0.123. The molecule has 0 fully saturated rings. The van der Waals surface area contributed by atoms with E-state index in [9.17, 15) is 4.79 Å². The van der Waals surface area contributed by atoms with E-state index in [-0.39, 0.29) is 5.97 Å². The SMILES string of the molecule is CCOC(=O)CC.c1ccc2occc2c1. The van der Waals surface area contributed by atoms with E-state index < -0.39 is 0 Å². The quantitative estimate of drug-likeness (QED) is 0.728. The molecule has 1 heterocycles. The summed E-state index contributed by atoms with van der Waals surface area (Å²) in [5.41, 5.74) is 0.956. The zero-order valence-corrected chi connectivity index (χ0v) is 9.60. The van der Waals surface area contributed by atoms with E-state index >= 15 is 0 Å². The second kappa shape index (κ2) is 6.67. The number of esters is 1. The van der Waals surface area contributed by atoms with Crippen LogP contribution in [0.2, 0.25) is 0 Å². The molecule has 0 bridgehead atoms. The van der Waals surface area contributed by atoms with Crippen molar-refractivity contribution >= 4 is 16.9 Å². The molecular weight excluding hydrogens is 204 g/mol. The van der Waals surface area contributed by atoms with Gasteiger partial charge in [0, 0.05) is 11.8 Å². The highest BCUT2D eigenvalue weighted by atomic mass is 16.5. The molecule has 0 saturated carbocycles. The number of furan rings is 1.